The van der Waals surface area contributed by atoms with Gasteiger partial charge in [-0.25, -0.2) is 9.78 Å². The Balaban J connectivity index is 2.34. The van der Waals surface area contributed by atoms with Crippen LogP contribution >= 0.6 is 0 Å². The number of hydrogen-bond donors (Lipinski definition) is 0. The van der Waals surface area contributed by atoms with Gasteiger partial charge in [0.05, 0.1) is 0 Å². The first-order valence-corrected chi connectivity index (χ1v) is 10.6. The average molecular weight is 376 g/mol. The van der Waals surface area contributed by atoms with Gasteiger partial charge in [0.15, 0.2) is 0 Å². The lowest BCUT2D eigenvalue weighted by Gasteiger charge is -2.38. The zero-order chi connectivity index (χ0) is 19.9. The van der Waals surface area contributed by atoms with Gasteiger partial charge in [-0.3, -0.25) is 9.80 Å². The molecule has 0 bridgehead atoms. The van der Waals surface area contributed by atoms with E-state index in [2.05, 4.69) is 29.8 Å². The van der Waals surface area contributed by atoms with Gasteiger partial charge in [-0.15, -0.1) is 0 Å². The monoisotopic (exact) mass is 375 g/mol. The highest BCUT2D eigenvalue weighted by Gasteiger charge is 2.30. The quantitative estimate of drug-likeness (QED) is 0.626. The minimum absolute atomic E-state index is 0.305. The maximum Gasteiger partial charge on any atom is 0.416 e. The molecule has 2 rings (SSSR count). The van der Waals surface area contributed by atoms with Crippen LogP contribution in [0.2, 0.25) is 0 Å². The summed E-state index contributed by atoms with van der Waals surface area (Å²) in [6, 6.07) is 4.46. The summed E-state index contributed by atoms with van der Waals surface area (Å²) < 4.78 is 5.67. The third-order valence-electron chi connectivity index (χ3n) is 4.91. The van der Waals surface area contributed by atoms with Gasteiger partial charge in [0.2, 0.25) is 0 Å². The number of pyridine rings is 1. The summed E-state index contributed by atoms with van der Waals surface area (Å²) in [5.41, 5.74) is 0.642. The van der Waals surface area contributed by atoms with E-state index in [9.17, 15) is 4.79 Å². The second kappa shape index (κ2) is 10.1. The van der Waals surface area contributed by atoms with Crippen molar-refractivity contribution in [3.8, 4) is 0 Å². The van der Waals surface area contributed by atoms with Crippen molar-refractivity contribution in [3.05, 3.63) is 23.9 Å². The number of aromatic nitrogens is 1. The molecule has 1 aliphatic heterocycles. The Morgan fingerprint density at radius 1 is 1.30 bits per heavy atom. The van der Waals surface area contributed by atoms with Crippen molar-refractivity contribution in [3.63, 3.8) is 0 Å². The summed E-state index contributed by atoms with van der Waals surface area (Å²) in [6.07, 6.45) is 8.34. The summed E-state index contributed by atoms with van der Waals surface area (Å²) in [5.74, 6) is 0.766. The number of likely N-dealkylation sites (tertiary alicyclic amines) is 1. The van der Waals surface area contributed by atoms with E-state index in [0.29, 0.717) is 12.6 Å². The van der Waals surface area contributed by atoms with Gasteiger partial charge in [0.1, 0.15) is 11.4 Å². The van der Waals surface area contributed by atoms with Crippen LogP contribution in [0.25, 0.3) is 0 Å². The molecule has 27 heavy (non-hydrogen) atoms. The fourth-order valence-electron chi connectivity index (χ4n) is 3.69. The van der Waals surface area contributed by atoms with E-state index in [1.54, 1.807) is 11.1 Å². The van der Waals surface area contributed by atoms with Crippen LogP contribution in [-0.4, -0.2) is 41.2 Å². The molecule has 0 spiro atoms. The first kappa shape index (κ1) is 21.7. The van der Waals surface area contributed by atoms with Crippen molar-refractivity contribution in [2.75, 3.05) is 24.5 Å². The molecule has 5 nitrogen and oxygen atoms in total. The lowest BCUT2D eigenvalue weighted by molar-refractivity contribution is 0.0578. The smallest absolute Gasteiger partial charge is 0.416 e. The largest absolute Gasteiger partial charge is 0.443 e. The molecule has 0 aliphatic carbocycles. The predicted octanol–water partition coefficient (Wildman–Crippen LogP) is 5.56. The lowest BCUT2D eigenvalue weighted by atomic mass is 9.95. The van der Waals surface area contributed by atoms with Crippen molar-refractivity contribution in [2.24, 2.45) is 0 Å². The van der Waals surface area contributed by atoms with Gasteiger partial charge in [-0.2, -0.15) is 0 Å². The number of rotatable bonds is 7. The molecule has 0 N–H and O–H groups in total. The number of ether oxygens (including phenoxy) is 1. The summed E-state index contributed by atoms with van der Waals surface area (Å²) in [6.45, 7) is 12.9. The van der Waals surface area contributed by atoms with Gasteiger partial charge in [-0.05, 0) is 65.6 Å². The van der Waals surface area contributed by atoms with Crippen LogP contribution in [0, 0.1) is 0 Å². The van der Waals surface area contributed by atoms with Crippen LogP contribution < -0.4 is 4.90 Å². The molecule has 0 radical (unpaired) electrons. The number of piperidine rings is 1. The Morgan fingerprint density at radius 3 is 2.74 bits per heavy atom. The van der Waals surface area contributed by atoms with E-state index in [0.717, 1.165) is 37.3 Å². The molecule has 152 valence electrons. The molecule has 1 saturated heterocycles. The Hall–Kier alpha value is -1.62. The maximum absolute atomic E-state index is 12.9. The zero-order valence-electron chi connectivity index (χ0n) is 17.8. The lowest BCUT2D eigenvalue weighted by Crippen LogP contribution is -2.40. The van der Waals surface area contributed by atoms with Crippen molar-refractivity contribution in [1.29, 1.82) is 0 Å². The van der Waals surface area contributed by atoms with Crippen LogP contribution in [-0.2, 0) is 4.74 Å². The van der Waals surface area contributed by atoms with Crippen molar-refractivity contribution < 1.29 is 9.53 Å². The average Bonchev–Trinajstić information content (AvgIpc) is 2.63. The minimum Gasteiger partial charge on any atom is -0.443 e. The van der Waals surface area contributed by atoms with E-state index < -0.39 is 5.60 Å². The zero-order valence-corrected chi connectivity index (χ0v) is 17.8. The maximum atomic E-state index is 12.9. The number of nitrogens with zero attached hydrogens (tertiary/aromatic N) is 3. The van der Waals surface area contributed by atoms with Gasteiger partial charge in [-0.1, -0.05) is 32.8 Å². The van der Waals surface area contributed by atoms with Crippen LogP contribution in [0.4, 0.5) is 10.6 Å². The van der Waals surface area contributed by atoms with Crippen LogP contribution in [0.3, 0.4) is 0 Å². The normalized spacial score (nSPS) is 18.3. The standard InChI is InChI=1S/C22H37N3O2/c1-6-8-16-24-17-10-9-13-19(24)18-12-11-14-23-20(18)25(15-7-2)21(26)27-22(3,4)5/h11-12,14,19H,6-10,13,15-17H2,1-5H3/t19-/m1/s1. The number of carbonyl (C=O) groups excluding carboxylic acids is 1. The predicted molar refractivity (Wildman–Crippen MR) is 111 cm³/mol. The molecular formula is C22H37N3O2. The minimum atomic E-state index is -0.518. The van der Waals surface area contributed by atoms with Gasteiger partial charge in [0.25, 0.3) is 0 Å². The van der Waals surface area contributed by atoms with Crippen molar-refractivity contribution in [1.82, 2.24) is 9.88 Å². The van der Waals surface area contributed by atoms with E-state index in [4.69, 9.17) is 4.74 Å². The van der Waals surface area contributed by atoms with E-state index in [1.807, 2.05) is 26.8 Å². The topological polar surface area (TPSA) is 45.7 Å². The van der Waals surface area contributed by atoms with E-state index in [1.165, 1.54) is 25.7 Å². The third kappa shape index (κ3) is 6.20. The van der Waals surface area contributed by atoms with Gasteiger partial charge < -0.3 is 4.74 Å². The summed E-state index contributed by atoms with van der Waals surface area (Å²) >= 11 is 0. The second-order valence-corrected chi connectivity index (χ2v) is 8.45. The van der Waals surface area contributed by atoms with Crippen molar-refractivity contribution >= 4 is 11.9 Å². The molecule has 1 fully saturated rings. The molecular weight excluding hydrogens is 338 g/mol. The number of carbonyl (C=O) groups is 1. The molecule has 2 heterocycles. The summed E-state index contributed by atoms with van der Waals surface area (Å²) in [5, 5.41) is 0. The number of unbranched alkanes of at least 4 members (excludes halogenated alkanes) is 1. The molecule has 0 aromatic carbocycles. The summed E-state index contributed by atoms with van der Waals surface area (Å²) in [4.78, 5) is 21.8. The molecule has 5 heteroatoms. The Labute approximate surface area is 165 Å². The highest BCUT2D eigenvalue weighted by Crippen LogP contribution is 2.36. The first-order chi connectivity index (χ1) is 12.9. The van der Waals surface area contributed by atoms with Gasteiger partial charge in [0, 0.05) is 24.3 Å². The third-order valence-corrected chi connectivity index (χ3v) is 4.91. The molecule has 0 saturated carbocycles. The Bertz CT molecular complexity index is 597. The van der Waals surface area contributed by atoms with Crippen LogP contribution in [0.15, 0.2) is 18.3 Å². The first-order valence-electron chi connectivity index (χ1n) is 10.6. The fourth-order valence-corrected chi connectivity index (χ4v) is 3.69. The highest BCUT2D eigenvalue weighted by atomic mass is 16.6. The van der Waals surface area contributed by atoms with Crippen LogP contribution in [0.1, 0.15) is 84.7 Å². The number of anilines is 1. The second-order valence-electron chi connectivity index (χ2n) is 8.45. The summed E-state index contributed by atoms with van der Waals surface area (Å²) in [7, 11) is 0. The fraction of sp³-hybridized carbons (Fsp3) is 0.727. The van der Waals surface area contributed by atoms with Gasteiger partial charge >= 0.3 is 6.09 Å². The molecule has 1 atom stereocenters. The highest BCUT2D eigenvalue weighted by molar-refractivity contribution is 5.87. The molecule has 1 aromatic heterocycles. The van der Waals surface area contributed by atoms with E-state index in [-0.39, 0.29) is 6.09 Å². The van der Waals surface area contributed by atoms with Crippen LogP contribution in [0.5, 0.6) is 0 Å². The number of amides is 1. The Kier molecular flexibility index (Phi) is 8.08. The SMILES string of the molecule is CCCCN1CCCC[C@@H]1c1cccnc1N(CCC)C(=O)OC(C)(C)C. The molecule has 1 aromatic rings. The molecule has 0 unspecified atom stereocenters. The molecule has 1 aliphatic rings. The molecule has 1 amide bonds. The van der Waals surface area contributed by atoms with E-state index >= 15 is 0 Å². The Morgan fingerprint density at radius 2 is 2.07 bits per heavy atom. The number of hydrogen-bond acceptors (Lipinski definition) is 4. The van der Waals surface area contributed by atoms with Crippen molar-refractivity contribution in [2.45, 2.75) is 84.8 Å².